The number of hydrogen-bond donors (Lipinski definition) is 1. The van der Waals surface area contributed by atoms with E-state index in [0.29, 0.717) is 0 Å². The van der Waals surface area contributed by atoms with Crippen molar-refractivity contribution in [2.45, 2.75) is 119 Å². The maximum absolute atomic E-state index is 11.8. The standard InChI is InChI=1S/C25H36O4Si2/c1-4-23(16-10-7-11-17-23)27-30-22-31(26,28-24(5-2)18-12-8-13-19-24)29-25(6-3)20-14-9-15-21-25/h1-3,26H,7-22H2. The predicted octanol–water partition coefficient (Wildman–Crippen LogP) is 4.55. The van der Waals surface area contributed by atoms with Crippen LogP contribution in [0.3, 0.4) is 0 Å². The first kappa shape index (κ1) is 24.6. The minimum absolute atomic E-state index is 0.00799. The van der Waals surface area contributed by atoms with Gasteiger partial charge in [0.25, 0.3) is 0 Å². The highest BCUT2D eigenvalue weighted by molar-refractivity contribution is 6.69. The van der Waals surface area contributed by atoms with Crippen molar-refractivity contribution in [3.63, 3.8) is 0 Å². The van der Waals surface area contributed by atoms with Gasteiger partial charge in [0.05, 0.1) is 0 Å². The fourth-order valence-corrected chi connectivity index (χ4v) is 9.09. The average Bonchev–Trinajstić information content (AvgIpc) is 2.80. The van der Waals surface area contributed by atoms with Crippen LogP contribution < -0.4 is 0 Å². The third-order valence-electron chi connectivity index (χ3n) is 7.05. The van der Waals surface area contributed by atoms with Gasteiger partial charge >= 0.3 is 8.80 Å². The largest absolute Gasteiger partial charge is 0.499 e. The summed E-state index contributed by atoms with van der Waals surface area (Å²) in [5, 5.41) is 0. The van der Waals surface area contributed by atoms with Crippen molar-refractivity contribution >= 4 is 18.6 Å². The zero-order chi connectivity index (χ0) is 22.3. The summed E-state index contributed by atoms with van der Waals surface area (Å²) >= 11 is 0. The Hall–Kier alpha value is -1.05. The molecular formula is C25H36O4Si2. The van der Waals surface area contributed by atoms with Crippen LogP contribution in [0.5, 0.6) is 0 Å². The second-order valence-corrected chi connectivity index (χ2v) is 13.2. The molecule has 1 N–H and O–H groups in total. The summed E-state index contributed by atoms with van der Waals surface area (Å²) < 4.78 is 19.1. The van der Waals surface area contributed by atoms with Crippen molar-refractivity contribution in [2.75, 3.05) is 0 Å². The van der Waals surface area contributed by atoms with Crippen molar-refractivity contribution in [2.24, 2.45) is 0 Å². The molecule has 3 saturated carbocycles. The number of rotatable bonds is 8. The van der Waals surface area contributed by atoms with E-state index in [1.165, 1.54) is 6.42 Å². The van der Waals surface area contributed by atoms with Gasteiger partial charge < -0.3 is 18.1 Å². The first-order chi connectivity index (χ1) is 14.9. The van der Waals surface area contributed by atoms with Gasteiger partial charge in [0.15, 0.2) is 0 Å². The van der Waals surface area contributed by atoms with Crippen LogP contribution in [0.4, 0.5) is 0 Å². The summed E-state index contributed by atoms with van der Waals surface area (Å²) in [6, 6.07) is 0. The summed E-state index contributed by atoms with van der Waals surface area (Å²) in [6.45, 7) is 0. The van der Waals surface area contributed by atoms with Crippen molar-refractivity contribution in [1.82, 2.24) is 0 Å². The molecule has 0 amide bonds. The Bertz CT molecular complexity index is 673. The van der Waals surface area contributed by atoms with Crippen molar-refractivity contribution in [3.8, 4) is 37.0 Å². The van der Waals surface area contributed by atoms with Gasteiger partial charge in [0.2, 0.25) is 9.76 Å². The molecule has 0 heterocycles. The molecule has 0 atom stereocenters. The van der Waals surface area contributed by atoms with Gasteiger partial charge in [-0.1, -0.05) is 37.0 Å². The molecule has 2 radical (unpaired) electrons. The second-order valence-electron chi connectivity index (χ2n) is 9.44. The maximum Gasteiger partial charge on any atom is 0.499 e. The van der Waals surface area contributed by atoms with Crippen LogP contribution in [-0.2, 0) is 13.3 Å². The van der Waals surface area contributed by atoms with E-state index in [0.717, 1.165) is 89.9 Å². The number of terminal acetylenes is 3. The van der Waals surface area contributed by atoms with E-state index in [1.54, 1.807) is 0 Å². The molecular weight excluding hydrogens is 420 g/mol. The minimum Gasteiger partial charge on any atom is -0.401 e. The molecule has 6 heteroatoms. The van der Waals surface area contributed by atoms with E-state index < -0.39 is 25.6 Å². The third kappa shape index (κ3) is 6.26. The maximum atomic E-state index is 11.8. The van der Waals surface area contributed by atoms with E-state index in [9.17, 15) is 4.80 Å². The summed E-state index contributed by atoms with van der Waals surface area (Å²) in [7, 11) is -3.72. The molecule has 3 aliphatic rings. The van der Waals surface area contributed by atoms with Gasteiger partial charge in [-0.05, 0) is 77.0 Å². The molecule has 0 bridgehead atoms. The molecule has 0 aromatic carbocycles. The Labute approximate surface area is 192 Å². The van der Waals surface area contributed by atoms with Crippen LogP contribution in [0, 0.1) is 37.0 Å². The molecule has 3 fully saturated rings. The molecule has 31 heavy (non-hydrogen) atoms. The molecule has 0 saturated heterocycles. The van der Waals surface area contributed by atoms with Crippen LogP contribution in [-0.4, -0.2) is 40.2 Å². The Morgan fingerprint density at radius 2 is 1.00 bits per heavy atom. The van der Waals surface area contributed by atoms with Gasteiger partial charge in [0.1, 0.15) is 16.8 Å². The molecule has 4 nitrogen and oxygen atoms in total. The van der Waals surface area contributed by atoms with Gasteiger partial charge in [-0.3, -0.25) is 0 Å². The van der Waals surface area contributed by atoms with Gasteiger partial charge in [-0.2, -0.15) is 0 Å². The van der Waals surface area contributed by atoms with E-state index in [4.69, 9.17) is 32.5 Å². The lowest BCUT2D eigenvalue weighted by Crippen LogP contribution is -2.57. The third-order valence-corrected chi connectivity index (χ3v) is 11.4. The lowest BCUT2D eigenvalue weighted by Gasteiger charge is -2.43. The van der Waals surface area contributed by atoms with Crippen molar-refractivity contribution < 1.29 is 18.1 Å². The zero-order valence-electron chi connectivity index (χ0n) is 18.7. The van der Waals surface area contributed by atoms with E-state index in [-0.39, 0.29) is 15.4 Å². The van der Waals surface area contributed by atoms with Crippen LogP contribution in [0.25, 0.3) is 0 Å². The van der Waals surface area contributed by atoms with Crippen molar-refractivity contribution in [3.05, 3.63) is 0 Å². The van der Waals surface area contributed by atoms with E-state index in [1.807, 2.05) is 0 Å². The molecule has 0 spiro atoms. The zero-order valence-corrected chi connectivity index (χ0v) is 20.7. The van der Waals surface area contributed by atoms with Gasteiger partial charge in [0, 0.05) is 5.67 Å². The fourth-order valence-electron chi connectivity index (χ4n) is 5.17. The minimum atomic E-state index is -3.71. The highest BCUT2D eigenvalue weighted by Crippen LogP contribution is 2.39. The Balaban J connectivity index is 1.75. The molecule has 3 rings (SSSR count). The first-order valence-electron chi connectivity index (χ1n) is 11.9. The highest BCUT2D eigenvalue weighted by Gasteiger charge is 2.51. The van der Waals surface area contributed by atoms with Crippen LogP contribution in [0.1, 0.15) is 96.3 Å². The summed E-state index contributed by atoms with van der Waals surface area (Å²) in [5.74, 6) is 8.58. The molecule has 0 aromatic rings. The summed E-state index contributed by atoms with van der Waals surface area (Å²) in [4.78, 5) is 11.8. The highest BCUT2D eigenvalue weighted by atomic mass is 28.4. The van der Waals surface area contributed by atoms with E-state index >= 15 is 0 Å². The van der Waals surface area contributed by atoms with Crippen molar-refractivity contribution in [1.29, 1.82) is 0 Å². The quantitative estimate of drug-likeness (QED) is 0.430. The second kappa shape index (κ2) is 10.7. The van der Waals surface area contributed by atoms with Gasteiger partial charge in [-0.15, -0.1) is 19.3 Å². The SMILES string of the molecule is C#CC1(O[Si]C[Si](O)(OC2(C#C)CCCCC2)OC2(C#C)CCCCC2)CCCCC1. The topological polar surface area (TPSA) is 47.9 Å². The Kier molecular flexibility index (Phi) is 8.50. The molecule has 0 unspecified atom stereocenters. The summed E-state index contributed by atoms with van der Waals surface area (Å²) in [5.41, 5.74) is -1.80. The molecule has 3 aliphatic carbocycles. The first-order valence-corrected chi connectivity index (χ1v) is 15.0. The van der Waals surface area contributed by atoms with Crippen LogP contribution in [0.15, 0.2) is 0 Å². The molecule has 0 aliphatic heterocycles. The van der Waals surface area contributed by atoms with Crippen LogP contribution in [0.2, 0.25) is 5.67 Å². The Morgan fingerprint density at radius 3 is 1.35 bits per heavy atom. The lowest BCUT2D eigenvalue weighted by molar-refractivity contribution is -0.0454. The smallest absolute Gasteiger partial charge is 0.401 e. The molecule has 0 aromatic heterocycles. The normalized spacial score (nSPS) is 25.0. The van der Waals surface area contributed by atoms with Crippen LogP contribution >= 0.6 is 0 Å². The monoisotopic (exact) mass is 456 g/mol. The van der Waals surface area contributed by atoms with Gasteiger partial charge in [-0.25, -0.2) is 0 Å². The fraction of sp³-hybridized carbons (Fsp3) is 0.760. The summed E-state index contributed by atoms with van der Waals surface area (Å²) in [6.07, 6.45) is 31.9. The average molecular weight is 457 g/mol. The predicted molar refractivity (Wildman–Crippen MR) is 126 cm³/mol. The molecule has 168 valence electrons. The number of hydrogen-bond acceptors (Lipinski definition) is 4. The Morgan fingerprint density at radius 1 is 0.645 bits per heavy atom. The van der Waals surface area contributed by atoms with E-state index in [2.05, 4.69) is 17.8 Å². The lowest BCUT2D eigenvalue weighted by atomic mass is 9.86.